The predicted molar refractivity (Wildman–Crippen MR) is 47.6 cm³/mol. The van der Waals surface area contributed by atoms with E-state index < -0.39 is 12.1 Å². The number of carbonyl (C=O) groups is 1. The Labute approximate surface area is 84.0 Å². The highest BCUT2D eigenvalue weighted by Gasteiger charge is 2.40. The highest BCUT2D eigenvalue weighted by atomic mass is 19.4. The highest BCUT2D eigenvalue weighted by molar-refractivity contribution is 5.76. The lowest BCUT2D eigenvalue weighted by Gasteiger charge is -2.01. The van der Waals surface area contributed by atoms with Crippen LogP contribution in [0.5, 0.6) is 0 Å². The molecule has 1 aromatic carbocycles. The van der Waals surface area contributed by atoms with Gasteiger partial charge in [0.2, 0.25) is 0 Å². The Bertz CT molecular complexity index is 355. The van der Waals surface area contributed by atoms with E-state index in [1.807, 2.05) is 0 Å². The number of hydrogen-bond acceptors (Lipinski definition) is 2. The van der Waals surface area contributed by atoms with Gasteiger partial charge in [-0.1, -0.05) is 30.3 Å². The van der Waals surface area contributed by atoms with Crippen LogP contribution >= 0.6 is 0 Å². The largest absolute Gasteiger partial charge is 0.491 e. The molecule has 15 heavy (non-hydrogen) atoms. The van der Waals surface area contributed by atoms with Gasteiger partial charge < -0.3 is 4.74 Å². The fourth-order valence-electron chi connectivity index (χ4n) is 0.805. The first-order valence-electron chi connectivity index (χ1n) is 3.99. The minimum atomic E-state index is -4.96. The topological polar surface area (TPSA) is 26.3 Å². The molecule has 1 rings (SSSR count). The van der Waals surface area contributed by atoms with Crippen LogP contribution in [0, 0.1) is 0 Å². The summed E-state index contributed by atoms with van der Waals surface area (Å²) in [4.78, 5) is 10.3. The zero-order valence-corrected chi connectivity index (χ0v) is 7.49. The van der Waals surface area contributed by atoms with Crippen LogP contribution in [0.1, 0.15) is 5.56 Å². The quantitative estimate of drug-likeness (QED) is 0.561. The van der Waals surface area contributed by atoms with Crippen LogP contribution in [0.15, 0.2) is 36.6 Å². The van der Waals surface area contributed by atoms with Crippen molar-refractivity contribution in [3.8, 4) is 0 Å². The van der Waals surface area contributed by atoms with E-state index in [0.29, 0.717) is 11.8 Å². The molecule has 0 aliphatic rings. The van der Waals surface area contributed by atoms with E-state index in [2.05, 4.69) is 4.74 Å². The summed E-state index contributed by atoms with van der Waals surface area (Å²) in [5.41, 5.74) is 0.646. The van der Waals surface area contributed by atoms with Gasteiger partial charge in [0.05, 0.1) is 6.26 Å². The summed E-state index contributed by atoms with van der Waals surface area (Å²) < 4.78 is 38.9. The van der Waals surface area contributed by atoms with Crippen LogP contribution in [0.4, 0.5) is 13.2 Å². The lowest BCUT2D eigenvalue weighted by atomic mass is 10.2. The zero-order valence-electron chi connectivity index (χ0n) is 7.49. The molecule has 0 atom stereocenters. The minimum Gasteiger partial charge on any atom is -0.428 e. The van der Waals surface area contributed by atoms with Crippen LogP contribution in [-0.2, 0) is 9.53 Å². The van der Waals surface area contributed by atoms with Crippen molar-refractivity contribution in [1.82, 2.24) is 0 Å². The van der Waals surface area contributed by atoms with Crippen molar-refractivity contribution in [1.29, 1.82) is 0 Å². The summed E-state index contributed by atoms with van der Waals surface area (Å²) in [5.74, 6) is -2.23. The molecule has 0 amide bonds. The van der Waals surface area contributed by atoms with Crippen molar-refractivity contribution >= 4 is 12.0 Å². The van der Waals surface area contributed by atoms with Gasteiger partial charge in [0.15, 0.2) is 0 Å². The van der Waals surface area contributed by atoms with Gasteiger partial charge in [-0.2, -0.15) is 13.2 Å². The van der Waals surface area contributed by atoms with Crippen LogP contribution in [0.3, 0.4) is 0 Å². The van der Waals surface area contributed by atoms with Crippen LogP contribution < -0.4 is 0 Å². The van der Waals surface area contributed by atoms with Crippen molar-refractivity contribution < 1.29 is 22.7 Å². The van der Waals surface area contributed by atoms with Gasteiger partial charge in [-0.15, -0.1) is 0 Å². The van der Waals surface area contributed by atoms with Crippen LogP contribution in [0.25, 0.3) is 6.08 Å². The first kappa shape index (κ1) is 11.3. The maximum Gasteiger partial charge on any atom is 0.491 e. The second kappa shape index (κ2) is 4.63. The lowest BCUT2D eigenvalue weighted by molar-refractivity contribution is -0.193. The molecule has 0 saturated heterocycles. The summed E-state index contributed by atoms with van der Waals surface area (Å²) in [6.45, 7) is 0. The molecular weight excluding hydrogens is 209 g/mol. The lowest BCUT2D eigenvalue weighted by Crippen LogP contribution is -2.23. The fourth-order valence-corrected chi connectivity index (χ4v) is 0.805. The Balaban J connectivity index is 2.51. The molecule has 0 aromatic heterocycles. The number of halogens is 3. The summed E-state index contributed by atoms with van der Waals surface area (Å²) in [6, 6.07) is 8.52. The summed E-state index contributed by atoms with van der Waals surface area (Å²) in [5, 5.41) is 0. The molecule has 0 radical (unpaired) electrons. The second-order valence-corrected chi connectivity index (χ2v) is 2.62. The SMILES string of the molecule is O=C(O/C=C\c1ccccc1)C(F)(F)F. The summed E-state index contributed by atoms with van der Waals surface area (Å²) >= 11 is 0. The first-order valence-corrected chi connectivity index (χ1v) is 3.99. The molecule has 0 fully saturated rings. The standard InChI is InChI=1S/C10H7F3O2/c11-10(12,13)9(14)15-7-6-8-4-2-1-3-5-8/h1-7H/b7-6-. The van der Waals surface area contributed by atoms with Gasteiger partial charge in [-0.25, -0.2) is 4.79 Å². The Morgan fingerprint density at radius 2 is 1.80 bits per heavy atom. The third kappa shape index (κ3) is 3.84. The maximum absolute atomic E-state index is 11.7. The number of esters is 1. The molecule has 0 heterocycles. The van der Waals surface area contributed by atoms with Crippen molar-refractivity contribution in [3.63, 3.8) is 0 Å². The van der Waals surface area contributed by atoms with Crippen LogP contribution in [-0.4, -0.2) is 12.1 Å². The molecule has 0 aliphatic heterocycles. The maximum atomic E-state index is 11.7. The number of carbonyl (C=O) groups excluding carboxylic acids is 1. The second-order valence-electron chi connectivity index (χ2n) is 2.62. The molecule has 0 unspecified atom stereocenters. The zero-order chi connectivity index (χ0) is 11.3. The van der Waals surface area contributed by atoms with E-state index in [1.165, 1.54) is 6.08 Å². The van der Waals surface area contributed by atoms with E-state index >= 15 is 0 Å². The van der Waals surface area contributed by atoms with Crippen molar-refractivity contribution in [2.45, 2.75) is 6.18 Å². The van der Waals surface area contributed by atoms with Gasteiger partial charge in [0.25, 0.3) is 0 Å². The fraction of sp³-hybridized carbons (Fsp3) is 0.100. The molecular formula is C10H7F3O2. The molecule has 2 nitrogen and oxygen atoms in total. The minimum absolute atomic E-state index is 0.646. The third-order valence-corrected chi connectivity index (χ3v) is 1.47. The first-order chi connectivity index (χ1) is 7.00. The number of alkyl halides is 3. The third-order valence-electron chi connectivity index (χ3n) is 1.47. The molecule has 0 bridgehead atoms. The van der Waals surface area contributed by atoms with Crippen LogP contribution in [0.2, 0.25) is 0 Å². The molecule has 0 N–H and O–H groups in total. The summed E-state index contributed by atoms with van der Waals surface area (Å²) in [7, 11) is 0. The van der Waals surface area contributed by atoms with E-state index in [1.54, 1.807) is 30.3 Å². The Kier molecular flexibility index (Phi) is 3.49. The molecule has 0 saturated carbocycles. The highest BCUT2D eigenvalue weighted by Crippen LogP contribution is 2.16. The van der Waals surface area contributed by atoms with Gasteiger partial charge >= 0.3 is 12.1 Å². The number of hydrogen-bond donors (Lipinski definition) is 0. The normalized spacial score (nSPS) is 11.7. The van der Waals surface area contributed by atoms with Gasteiger partial charge in [-0.3, -0.25) is 0 Å². The molecule has 1 aromatic rings. The molecule has 80 valence electrons. The predicted octanol–water partition coefficient (Wildman–Crippen LogP) is 2.76. The van der Waals surface area contributed by atoms with Gasteiger partial charge in [0, 0.05) is 0 Å². The number of ether oxygens (including phenoxy) is 1. The van der Waals surface area contributed by atoms with Crippen molar-refractivity contribution in [2.75, 3.05) is 0 Å². The van der Waals surface area contributed by atoms with Crippen molar-refractivity contribution in [3.05, 3.63) is 42.2 Å². The monoisotopic (exact) mass is 216 g/mol. The van der Waals surface area contributed by atoms with Gasteiger partial charge in [-0.05, 0) is 11.6 Å². The average Bonchev–Trinajstić information content (AvgIpc) is 2.18. The number of rotatable bonds is 2. The number of benzene rings is 1. The Morgan fingerprint density at radius 1 is 1.20 bits per heavy atom. The molecule has 5 heteroatoms. The molecule has 0 spiro atoms. The van der Waals surface area contributed by atoms with Crippen molar-refractivity contribution in [2.24, 2.45) is 0 Å². The Hall–Kier alpha value is -1.78. The average molecular weight is 216 g/mol. The van der Waals surface area contributed by atoms with E-state index in [-0.39, 0.29) is 0 Å². The van der Waals surface area contributed by atoms with E-state index in [4.69, 9.17) is 0 Å². The van der Waals surface area contributed by atoms with E-state index in [9.17, 15) is 18.0 Å². The molecule has 0 aliphatic carbocycles. The smallest absolute Gasteiger partial charge is 0.428 e. The van der Waals surface area contributed by atoms with E-state index in [0.717, 1.165) is 0 Å². The summed E-state index contributed by atoms with van der Waals surface area (Å²) in [6.07, 6.45) is -2.98. The van der Waals surface area contributed by atoms with Gasteiger partial charge in [0.1, 0.15) is 0 Å². The Morgan fingerprint density at radius 3 is 2.33 bits per heavy atom.